The molecule has 6 heteroatoms. The van der Waals surface area contributed by atoms with Crippen LogP contribution in [0.4, 0.5) is 5.69 Å². The quantitative estimate of drug-likeness (QED) is 0.943. The summed E-state index contributed by atoms with van der Waals surface area (Å²) >= 11 is 5.91. The molecule has 102 valence electrons. The number of nitrogens with one attached hydrogen (secondary N) is 1. The molecule has 0 radical (unpaired) electrons. The summed E-state index contributed by atoms with van der Waals surface area (Å²) in [4.78, 5) is 0. The molecule has 0 heterocycles. The number of para-hydroxylation sites is 1. The molecular weight excluding hydrogens is 296 g/mol. The van der Waals surface area contributed by atoms with Crippen molar-refractivity contribution in [2.45, 2.75) is 5.75 Å². The highest BCUT2D eigenvalue weighted by molar-refractivity contribution is 7.91. The summed E-state index contributed by atoms with van der Waals surface area (Å²) in [5.41, 5.74) is 1.12. The molecule has 2 aromatic rings. The SMILES string of the molecule is N#Cc1ccccc1CS(=O)(=O)Nc1ccccc1Cl. The van der Waals surface area contributed by atoms with Crippen molar-refractivity contribution in [2.75, 3.05) is 4.72 Å². The summed E-state index contributed by atoms with van der Waals surface area (Å²) in [5, 5.41) is 9.29. The zero-order chi connectivity index (χ0) is 14.6. The minimum atomic E-state index is -3.63. The number of halogens is 1. The van der Waals surface area contributed by atoms with E-state index in [2.05, 4.69) is 4.72 Å². The third kappa shape index (κ3) is 3.50. The lowest BCUT2D eigenvalue weighted by atomic mass is 10.1. The first-order chi connectivity index (χ1) is 9.52. The van der Waals surface area contributed by atoms with Gasteiger partial charge in [0.05, 0.1) is 28.1 Å². The Morgan fingerprint density at radius 3 is 2.45 bits per heavy atom. The van der Waals surface area contributed by atoms with Gasteiger partial charge in [-0.15, -0.1) is 0 Å². The van der Waals surface area contributed by atoms with Gasteiger partial charge in [0.1, 0.15) is 0 Å². The second-order valence-corrected chi connectivity index (χ2v) is 6.24. The van der Waals surface area contributed by atoms with E-state index in [-0.39, 0.29) is 5.75 Å². The summed E-state index contributed by atoms with van der Waals surface area (Å²) in [6.07, 6.45) is 0. The third-order valence-electron chi connectivity index (χ3n) is 2.62. The van der Waals surface area contributed by atoms with Crippen molar-refractivity contribution in [3.8, 4) is 6.07 Å². The maximum Gasteiger partial charge on any atom is 0.237 e. The van der Waals surface area contributed by atoms with Crippen LogP contribution in [0.5, 0.6) is 0 Å². The number of nitriles is 1. The van der Waals surface area contributed by atoms with Gasteiger partial charge in [0.15, 0.2) is 0 Å². The van der Waals surface area contributed by atoms with Gasteiger partial charge in [-0.25, -0.2) is 8.42 Å². The van der Waals surface area contributed by atoms with E-state index in [1.165, 1.54) is 0 Å². The Balaban J connectivity index is 2.25. The second kappa shape index (κ2) is 5.95. The number of nitrogens with zero attached hydrogens (tertiary/aromatic N) is 1. The molecule has 4 nitrogen and oxygen atoms in total. The lowest BCUT2D eigenvalue weighted by molar-refractivity contribution is 0.600. The monoisotopic (exact) mass is 306 g/mol. The second-order valence-electron chi connectivity index (χ2n) is 4.11. The van der Waals surface area contributed by atoms with E-state index in [1.54, 1.807) is 48.5 Å². The van der Waals surface area contributed by atoms with E-state index in [0.29, 0.717) is 21.8 Å². The summed E-state index contributed by atoms with van der Waals surface area (Å²) in [5.74, 6) is -0.276. The van der Waals surface area contributed by atoms with Crippen molar-refractivity contribution < 1.29 is 8.42 Å². The van der Waals surface area contributed by atoms with Crippen molar-refractivity contribution in [3.05, 3.63) is 64.7 Å². The summed E-state index contributed by atoms with van der Waals surface area (Å²) in [7, 11) is -3.63. The van der Waals surface area contributed by atoms with E-state index < -0.39 is 10.0 Å². The number of hydrogen-bond donors (Lipinski definition) is 1. The Hall–Kier alpha value is -2.03. The molecule has 0 aliphatic rings. The van der Waals surface area contributed by atoms with E-state index in [4.69, 9.17) is 16.9 Å². The molecule has 1 N–H and O–H groups in total. The number of anilines is 1. The van der Waals surface area contributed by atoms with Crippen molar-refractivity contribution in [3.63, 3.8) is 0 Å². The Labute approximate surface area is 122 Å². The van der Waals surface area contributed by atoms with E-state index in [0.717, 1.165) is 0 Å². The number of benzene rings is 2. The van der Waals surface area contributed by atoms with Gasteiger partial charge in [0.25, 0.3) is 0 Å². The molecule has 0 spiro atoms. The standard InChI is InChI=1S/C14H11ClN2O2S/c15-13-7-3-4-8-14(13)17-20(18,19)10-12-6-2-1-5-11(12)9-16/h1-8,17H,10H2. The third-order valence-corrected chi connectivity index (χ3v) is 4.17. The van der Waals surface area contributed by atoms with Crippen molar-refractivity contribution >= 4 is 27.3 Å². The van der Waals surface area contributed by atoms with Gasteiger partial charge >= 0.3 is 0 Å². The average molecular weight is 307 g/mol. The fraction of sp³-hybridized carbons (Fsp3) is 0.0714. The molecule has 20 heavy (non-hydrogen) atoms. The maximum absolute atomic E-state index is 12.1. The largest absolute Gasteiger partial charge is 0.282 e. The first kappa shape index (κ1) is 14.4. The first-order valence-electron chi connectivity index (χ1n) is 5.75. The minimum absolute atomic E-state index is 0.276. The number of sulfonamides is 1. The van der Waals surface area contributed by atoms with Crippen LogP contribution in [0.3, 0.4) is 0 Å². The van der Waals surface area contributed by atoms with Crippen LogP contribution in [0.15, 0.2) is 48.5 Å². The summed E-state index contributed by atoms with van der Waals surface area (Å²) < 4.78 is 26.6. The average Bonchev–Trinajstić information content (AvgIpc) is 2.41. The van der Waals surface area contributed by atoms with Gasteiger partial charge in [0.2, 0.25) is 10.0 Å². The highest BCUT2D eigenvalue weighted by Gasteiger charge is 2.15. The van der Waals surface area contributed by atoms with Crippen LogP contribution in [0, 0.1) is 11.3 Å². The fourth-order valence-corrected chi connectivity index (χ4v) is 3.19. The number of rotatable bonds is 4. The molecule has 0 saturated heterocycles. The van der Waals surface area contributed by atoms with Gasteiger partial charge in [-0.05, 0) is 23.8 Å². The molecule has 2 aromatic carbocycles. The van der Waals surface area contributed by atoms with Gasteiger partial charge in [-0.2, -0.15) is 5.26 Å². The summed E-state index contributed by atoms with van der Waals surface area (Å²) in [6, 6.07) is 15.1. The predicted octanol–water partition coefficient (Wildman–Crippen LogP) is 3.15. The predicted molar refractivity (Wildman–Crippen MR) is 78.9 cm³/mol. The fourth-order valence-electron chi connectivity index (χ4n) is 1.71. The van der Waals surface area contributed by atoms with Crippen LogP contribution in [0.2, 0.25) is 5.02 Å². The maximum atomic E-state index is 12.1. The molecule has 0 atom stereocenters. The molecule has 2 rings (SSSR count). The van der Waals surface area contributed by atoms with Crippen LogP contribution in [0.25, 0.3) is 0 Å². The van der Waals surface area contributed by atoms with Gasteiger partial charge in [-0.1, -0.05) is 41.9 Å². The Kier molecular flexibility index (Phi) is 4.28. The van der Waals surface area contributed by atoms with Crippen molar-refractivity contribution in [1.29, 1.82) is 5.26 Å². The molecule has 0 aliphatic heterocycles. The Morgan fingerprint density at radius 2 is 1.75 bits per heavy atom. The Bertz CT molecular complexity index is 767. The molecule has 0 unspecified atom stereocenters. The molecule has 0 aromatic heterocycles. The van der Waals surface area contributed by atoms with E-state index >= 15 is 0 Å². The smallest absolute Gasteiger partial charge is 0.237 e. The topological polar surface area (TPSA) is 70.0 Å². The van der Waals surface area contributed by atoms with Crippen LogP contribution in [0.1, 0.15) is 11.1 Å². The van der Waals surface area contributed by atoms with Gasteiger partial charge < -0.3 is 0 Å². The highest BCUT2D eigenvalue weighted by Crippen LogP contribution is 2.23. The molecule has 0 fully saturated rings. The summed E-state index contributed by atoms with van der Waals surface area (Å²) in [6.45, 7) is 0. The molecule has 0 saturated carbocycles. The Morgan fingerprint density at radius 1 is 1.10 bits per heavy atom. The normalized spacial score (nSPS) is 10.8. The van der Waals surface area contributed by atoms with E-state index in [9.17, 15) is 8.42 Å². The van der Waals surface area contributed by atoms with E-state index in [1.807, 2.05) is 6.07 Å². The van der Waals surface area contributed by atoms with Crippen LogP contribution >= 0.6 is 11.6 Å². The van der Waals surface area contributed by atoms with Crippen LogP contribution in [-0.4, -0.2) is 8.42 Å². The highest BCUT2D eigenvalue weighted by atomic mass is 35.5. The lowest BCUT2D eigenvalue weighted by Gasteiger charge is -2.10. The molecular formula is C14H11ClN2O2S. The zero-order valence-electron chi connectivity index (χ0n) is 10.4. The van der Waals surface area contributed by atoms with Crippen LogP contribution < -0.4 is 4.72 Å². The molecule has 0 bridgehead atoms. The van der Waals surface area contributed by atoms with Gasteiger partial charge in [-0.3, -0.25) is 4.72 Å². The molecule has 0 aliphatic carbocycles. The van der Waals surface area contributed by atoms with Crippen molar-refractivity contribution in [1.82, 2.24) is 0 Å². The molecule has 0 amide bonds. The van der Waals surface area contributed by atoms with Crippen LogP contribution in [-0.2, 0) is 15.8 Å². The zero-order valence-corrected chi connectivity index (χ0v) is 11.9. The first-order valence-corrected chi connectivity index (χ1v) is 7.78. The van der Waals surface area contributed by atoms with Gasteiger partial charge in [0, 0.05) is 0 Å². The minimum Gasteiger partial charge on any atom is -0.282 e. The lowest BCUT2D eigenvalue weighted by Crippen LogP contribution is -2.16. The number of hydrogen-bond acceptors (Lipinski definition) is 3. The van der Waals surface area contributed by atoms with Crippen molar-refractivity contribution in [2.24, 2.45) is 0 Å².